The molecule has 1 aliphatic heterocycles. The van der Waals surface area contributed by atoms with Crippen LogP contribution in [0.1, 0.15) is 47.0 Å². The molecule has 0 saturated carbocycles. The Morgan fingerprint density at radius 2 is 1.95 bits per heavy atom. The van der Waals surface area contributed by atoms with Gasteiger partial charge in [0.15, 0.2) is 5.96 Å². The molecule has 0 aromatic carbocycles. The van der Waals surface area contributed by atoms with Gasteiger partial charge in [0.05, 0.1) is 0 Å². The van der Waals surface area contributed by atoms with E-state index in [9.17, 15) is 4.79 Å². The van der Waals surface area contributed by atoms with E-state index in [-0.39, 0.29) is 30.1 Å². The maximum Gasteiger partial charge on any atom is 0.410 e. The lowest BCUT2D eigenvalue weighted by Gasteiger charge is -2.33. The molecule has 7 heteroatoms. The Balaban J connectivity index is 0.00000441. The number of carbonyl (C=O) groups excluding carboxylic acids is 1. The van der Waals surface area contributed by atoms with Crippen molar-refractivity contribution in [2.24, 2.45) is 16.6 Å². The van der Waals surface area contributed by atoms with Gasteiger partial charge < -0.3 is 20.7 Å². The van der Waals surface area contributed by atoms with Gasteiger partial charge in [0.25, 0.3) is 0 Å². The minimum absolute atomic E-state index is 0. The van der Waals surface area contributed by atoms with Gasteiger partial charge in [-0.15, -0.1) is 24.0 Å². The lowest BCUT2D eigenvalue weighted by Crippen LogP contribution is -2.42. The number of halogens is 1. The molecular weight excluding hydrogens is 395 g/mol. The molecule has 0 bridgehead atoms. The minimum Gasteiger partial charge on any atom is -0.444 e. The highest BCUT2D eigenvalue weighted by Crippen LogP contribution is 2.19. The number of carbonyl (C=O) groups is 1. The Morgan fingerprint density at radius 3 is 2.45 bits per heavy atom. The van der Waals surface area contributed by atoms with Gasteiger partial charge in [-0.3, -0.25) is 4.99 Å². The fraction of sp³-hybridized carbons (Fsp3) is 0.867. The second kappa shape index (κ2) is 10.1. The van der Waals surface area contributed by atoms with Crippen molar-refractivity contribution < 1.29 is 9.53 Å². The van der Waals surface area contributed by atoms with Crippen LogP contribution in [-0.2, 0) is 4.74 Å². The molecule has 1 heterocycles. The molecule has 0 aliphatic carbocycles. The molecule has 6 nitrogen and oxygen atoms in total. The molecule has 22 heavy (non-hydrogen) atoms. The zero-order chi connectivity index (χ0) is 15.9. The van der Waals surface area contributed by atoms with Crippen LogP contribution in [0, 0.1) is 5.92 Å². The molecule has 1 rings (SSSR count). The Kier molecular flexibility index (Phi) is 9.79. The number of likely N-dealkylation sites (tertiary alicyclic amines) is 1. The lowest BCUT2D eigenvalue weighted by atomic mass is 9.97. The minimum atomic E-state index is -0.433. The van der Waals surface area contributed by atoms with E-state index in [4.69, 9.17) is 10.5 Å². The summed E-state index contributed by atoms with van der Waals surface area (Å²) in [6, 6.07) is 0. The molecule has 1 fully saturated rings. The molecule has 0 unspecified atom stereocenters. The third-order valence-corrected chi connectivity index (χ3v) is 3.34. The first-order valence-corrected chi connectivity index (χ1v) is 7.83. The van der Waals surface area contributed by atoms with Crippen LogP contribution in [0.2, 0.25) is 0 Å². The molecule has 1 aliphatic rings. The molecule has 1 amide bonds. The molecule has 130 valence electrons. The number of ether oxygens (including phenoxy) is 1. The van der Waals surface area contributed by atoms with Crippen molar-refractivity contribution in [3.63, 3.8) is 0 Å². The summed E-state index contributed by atoms with van der Waals surface area (Å²) in [7, 11) is 0. The number of guanidine groups is 1. The molecule has 0 atom stereocenters. The Labute approximate surface area is 151 Å². The van der Waals surface area contributed by atoms with Gasteiger partial charge in [-0.05, 0) is 46.0 Å². The highest BCUT2D eigenvalue weighted by Gasteiger charge is 2.26. The van der Waals surface area contributed by atoms with Crippen LogP contribution in [0.4, 0.5) is 4.79 Å². The van der Waals surface area contributed by atoms with Crippen LogP contribution >= 0.6 is 24.0 Å². The van der Waals surface area contributed by atoms with Crippen LogP contribution in [-0.4, -0.2) is 48.7 Å². The quantitative estimate of drug-likeness (QED) is 0.412. The van der Waals surface area contributed by atoms with E-state index in [0.717, 1.165) is 45.4 Å². The summed E-state index contributed by atoms with van der Waals surface area (Å²) in [5.74, 6) is 1.01. The average molecular weight is 426 g/mol. The largest absolute Gasteiger partial charge is 0.444 e. The van der Waals surface area contributed by atoms with Crippen molar-refractivity contribution >= 4 is 36.0 Å². The fourth-order valence-electron chi connectivity index (χ4n) is 2.16. The summed E-state index contributed by atoms with van der Waals surface area (Å²) in [5.41, 5.74) is 5.34. The molecule has 0 radical (unpaired) electrons. The van der Waals surface area contributed by atoms with Crippen LogP contribution in [0.5, 0.6) is 0 Å². The normalized spacial score (nSPS) is 16.9. The summed E-state index contributed by atoms with van der Waals surface area (Å²) in [5, 5.41) is 3.07. The van der Waals surface area contributed by atoms with Crippen molar-refractivity contribution in [1.29, 1.82) is 0 Å². The van der Waals surface area contributed by atoms with Crippen molar-refractivity contribution in [2.75, 3.05) is 26.2 Å². The molecule has 3 N–H and O–H groups in total. The second-order valence-corrected chi connectivity index (χ2v) is 6.56. The van der Waals surface area contributed by atoms with Crippen molar-refractivity contribution in [3.05, 3.63) is 0 Å². The lowest BCUT2D eigenvalue weighted by molar-refractivity contribution is 0.0187. The summed E-state index contributed by atoms with van der Waals surface area (Å²) in [6.45, 7) is 10.8. The molecule has 0 aromatic rings. The number of nitrogens with two attached hydrogens (primary N) is 1. The molecular formula is C15H31IN4O2. The summed E-state index contributed by atoms with van der Waals surface area (Å²) in [6.07, 6.45) is 2.71. The smallest absolute Gasteiger partial charge is 0.410 e. The number of nitrogens with one attached hydrogen (secondary N) is 1. The maximum absolute atomic E-state index is 12.0. The highest BCUT2D eigenvalue weighted by atomic mass is 127. The third kappa shape index (κ3) is 8.65. The number of amides is 1. The zero-order valence-electron chi connectivity index (χ0n) is 14.2. The van der Waals surface area contributed by atoms with Crippen molar-refractivity contribution in [1.82, 2.24) is 10.2 Å². The van der Waals surface area contributed by atoms with E-state index < -0.39 is 5.60 Å². The topological polar surface area (TPSA) is 80.0 Å². The summed E-state index contributed by atoms with van der Waals surface area (Å²) in [4.78, 5) is 18.1. The Hall–Kier alpha value is -0.730. The predicted molar refractivity (Wildman–Crippen MR) is 101 cm³/mol. The number of hydrogen-bond donors (Lipinski definition) is 2. The summed E-state index contributed by atoms with van der Waals surface area (Å²) >= 11 is 0. The highest BCUT2D eigenvalue weighted by molar-refractivity contribution is 14.0. The van der Waals surface area contributed by atoms with Crippen LogP contribution in [0.3, 0.4) is 0 Å². The van der Waals surface area contributed by atoms with E-state index in [0.29, 0.717) is 11.9 Å². The number of nitrogens with zero attached hydrogens (tertiary/aromatic N) is 2. The Morgan fingerprint density at radius 1 is 1.36 bits per heavy atom. The van der Waals surface area contributed by atoms with Gasteiger partial charge in [0.1, 0.15) is 5.60 Å². The fourth-order valence-corrected chi connectivity index (χ4v) is 2.16. The van der Waals surface area contributed by atoms with Gasteiger partial charge in [-0.25, -0.2) is 4.79 Å². The maximum atomic E-state index is 12.0. The number of hydrogen-bond acceptors (Lipinski definition) is 3. The first-order valence-electron chi connectivity index (χ1n) is 7.83. The number of aliphatic imine (C=N–C) groups is 1. The monoisotopic (exact) mass is 426 g/mol. The average Bonchev–Trinajstić information content (AvgIpc) is 2.41. The van der Waals surface area contributed by atoms with Gasteiger partial charge in [-0.2, -0.15) is 0 Å². The standard InChI is InChI=1S/C15H30N4O2.HI/c1-5-8-17-13(16)18-11-12-6-9-19(10-7-12)14(20)21-15(2,3)4;/h12H,5-11H2,1-4H3,(H3,16,17,18);1H. The van der Waals surface area contributed by atoms with E-state index in [1.165, 1.54) is 0 Å². The molecule has 1 saturated heterocycles. The van der Waals surface area contributed by atoms with Crippen LogP contribution in [0.25, 0.3) is 0 Å². The van der Waals surface area contributed by atoms with Crippen LogP contribution in [0.15, 0.2) is 4.99 Å². The van der Waals surface area contributed by atoms with E-state index in [1.807, 2.05) is 20.8 Å². The molecule has 0 spiro atoms. The Bertz CT molecular complexity index is 361. The van der Waals surface area contributed by atoms with Gasteiger partial charge >= 0.3 is 6.09 Å². The first kappa shape index (κ1) is 21.3. The summed E-state index contributed by atoms with van der Waals surface area (Å²) < 4.78 is 5.38. The zero-order valence-corrected chi connectivity index (χ0v) is 16.6. The second-order valence-electron chi connectivity index (χ2n) is 6.56. The number of piperidine rings is 1. The van der Waals surface area contributed by atoms with Crippen molar-refractivity contribution in [2.45, 2.75) is 52.6 Å². The number of rotatable bonds is 4. The van der Waals surface area contributed by atoms with Gasteiger partial charge in [-0.1, -0.05) is 6.92 Å². The van der Waals surface area contributed by atoms with E-state index in [1.54, 1.807) is 4.90 Å². The molecule has 0 aromatic heterocycles. The van der Waals surface area contributed by atoms with E-state index >= 15 is 0 Å². The van der Waals surface area contributed by atoms with Crippen LogP contribution < -0.4 is 11.1 Å². The SMILES string of the molecule is CCCNC(N)=NCC1CCN(C(=O)OC(C)(C)C)CC1.I. The van der Waals surface area contributed by atoms with Gasteiger partial charge in [0, 0.05) is 26.2 Å². The van der Waals surface area contributed by atoms with E-state index in [2.05, 4.69) is 17.2 Å². The first-order chi connectivity index (χ1) is 9.81. The predicted octanol–water partition coefficient (Wildman–Crippen LogP) is 2.57. The third-order valence-electron chi connectivity index (χ3n) is 3.34. The van der Waals surface area contributed by atoms with Crippen molar-refractivity contribution in [3.8, 4) is 0 Å². The van der Waals surface area contributed by atoms with Gasteiger partial charge in [0.2, 0.25) is 0 Å².